The van der Waals surface area contributed by atoms with Crippen molar-refractivity contribution in [1.82, 2.24) is 10.6 Å². The van der Waals surface area contributed by atoms with Crippen LogP contribution in [0.4, 0.5) is 0 Å². The highest BCUT2D eigenvalue weighted by Crippen LogP contribution is 2.16. The largest absolute Gasteiger partial charge is 0.496 e. The lowest BCUT2D eigenvalue weighted by Gasteiger charge is -2.28. The second-order valence-corrected chi connectivity index (χ2v) is 8.56. The summed E-state index contributed by atoms with van der Waals surface area (Å²) in [6.07, 6.45) is 0. The van der Waals surface area contributed by atoms with E-state index in [1.165, 1.54) is 0 Å². The highest BCUT2D eigenvalue weighted by Gasteiger charge is 2.27. The number of nitrogens with one attached hydrogen (secondary N) is 2. The van der Waals surface area contributed by atoms with E-state index in [9.17, 15) is 4.79 Å². The van der Waals surface area contributed by atoms with Gasteiger partial charge in [0.15, 0.2) is 5.11 Å². The summed E-state index contributed by atoms with van der Waals surface area (Å²) in [7, 11) is 1.62. The molecule has 2 N–H and O–H groups in total. The van der Waals surface area contributed by atoms with Crippen molar-refractivity contribution in [1.29, 1.82) is 0 Å². The Labute approximate surface area is 168 Å². The summed E-state index contributed by atoms with van der Waals surface area (Å²) in [5.41, 5.74) is -0.0107. The predicted molar refractivity (Wildman–Crippen MR) is 111 cm³/mol. The van der Waals surface area contributed by atoms with Crippen LogP contribution >= 0.6 is 12.2 Å². The Morgan fingerprint density at radius 3 is 2.30 bits per heavy atom. The average molecular weight is 397 g/mol. The number of carbonyl (C=O) groups excluding carboxylic acids is 1. The lowest BCUT2D eigenvalue weighted by molar-refractivity contribution is -0.160. The Morgan fingerprint density at radius 1 is 1.11 bits per heavy atom. The first-order chi connectivity index (χ1) is 12.4. The minimum absolute atomic E-state index is 0.148. The van der Waals surface area contributed by atoms with Gasteiger partial charge in [0.1, 0.15) is 17.4 Å². The molecule has 0 saturated heterocycles. The summed E-state index contributed by atoms with van der Waals surface area (Å²) < 4.78 is 16.6. The SMILES string of the molecule is COc1ccccc1CNC(=S)NC(COC(C)(C)C)C(=O)OC(C)(C)C. The smallest absolute Gasteiger partial charge is 0.331 e. The number of para-hydroxylation sites is 1. The fraction of sp³-hybridized carbons (Fsp3) is 0.600. The molecular weight excluding hydrogens is 364 g/mol. The van der Waals surface area contributed by atoms with Crippen LogP contribution in [0, 0.1) is 0 Å². The Balaban J connectivity index is 2.72. The fourth-order valence-electron chi connectivity index (χ4n) is 2.11. The van der Waals surface area contributed by atoms with E-state index < -0.39 is 17.6 Å². The molecule has 0 aliphatic rings. The molecular formula is C20H32N2O4S. The maximum absolute atomic E-state index is 12.5. The minimum atomic E-state index is -0.707. The first kappa shape index (κ1) is 23.2. The lowest BCUT2D eigenvalue weighted by atomic mass is 10.1. The lowest BCUT2D eigenvalue weighted by Crippen LogP contribution is -2.50. The second-order valence-electron chi connectivity index (χ2n) is 8.15. The number of rotatable bonds is 7. The molecule has 0 bridgehead atoms. The molecule has 27 heavy (non-hydrogen) atoms. The third-order valence-corrected chi connectivity index (χ3v) is 3.57. The zero-order valence-corrected chi connectivity index (χ0v) is 18.2. The normalized spacial score (nSPS) is 12.9. The molecule has 0 amide bonds. The first-order valence-corrected chi connectivity index (χ1v) is 9.35. The van der Waals surface area contributed by atoms with Gasteiger partial charge in [0, 0.05) is 12.1 Å². The number of carbonyl (C=O) groups is 1. The van der Waals surface area contributed by atoms with E-state index in [0.29, 0.717) is 11.7 Å². The number of methoxy groups -OCH3 is 1. The van der Waals surface area contributed by atoms with Crippen molar-refractivity contribution in [2.75, 3.05) is 13.7 Å². The van der Waals surface area contributed by atoms with E-state index in [-0.39, 0.29) is 12.2 Å². The molecule has 0 fully saturated rings. The summed E-state index contributed by atoms with van der Waals surface area (Å²) in [4.78, 5) is 12.5. The highest BCUT2D eigenvalue weighted by atomic mass is 32.1. The van der Waals surface area contributed by atoms with Gasteiger partial charge in [0.25, 0.3) is 0 Å². The molecule has 1 rings (SSSR count). The highest BCUT2D eigenvalue weighted by molar-refractivity contribution is 7.80. The van der Waals surface area contributed by atoms with Crippen LogP contribution in [0.5, 0.6) is 5.75 Å². The number of hydrogen-bond acceptors (Lipinski definition) is 5. The van der Waals surface area contributed by atoms with Crippen molar-refractivity contribution in [3.63, 3.8) is 0 Å². The van der Waals surface area contributed by atoms with Crippen molar-refractivity contribution in [2.45, 2.75) is 65.3 Å². The van der Waals surface area contributed by atoms with Crippen molar-refractivity contribution >= 4 is 23.3 Å². The van der Waals surface area contributed by atoms with Crippen LogP contribution in [0.2, 0.25) is 0 Å². The summed E-state index contributed by atoms with van der Waals surface area (Å²) in [6.45, 7) is 11.9. The molecule has 1 unspecified atom stereocenters. The molecule has 0 aliphatic carbocycles. The molecule has 1 aromatic carbocycles. The van der Waals surface area contributed by atoms with Gasteiger partial charge in [-0.15, -0.1) is 0 Å². The zero-order valence-electron chi connectivity index (χ0n) is 17.3. The predicted octanol–water partition coefficient (Wildman–Crippen LogP) is 3.18. The van der Waals surface area contributed by atoms with E-state index in [0.717, 1.165) is 11.3 Å². The van der Waals surface area contributed by atoms with Crippen molar-refractivity contribution < 1.29 is 19.0 Å². The summed E-state index contributed by atoms with van der Waals surface area (Å²) in [5.74, 6) is 0.362. The topological polar surface area (TPSA) is 68.8 Å². The van der Waals surface area contributed by atoms with Crippen molar-refractivity contribution in [3.05, 3.63) is 29.8 Å². The molecule has 0 spiro atoms. The van der Waals surface area contributed by atoms with Crippen LogP contribution in [0.25, 0.3) is 0 Å². The van der Waals surface area contributed by atoms with Crippen LogP contribution in [0.1, 0.15) is 47.1 Å². The Bertz CT molecular complexity index is 636. The van der Waals surface area contributed by atoms with Gasteiger partial charge in [-0.2, -0.15) is 0 Å². The maximum atomic E-state index is 12.5. The minimum Gasteiger partial charge on any atom is -0.496 e. The van der Waals surface area contributed by atoms with E-state index in [4.69, 9.17) is 26.4 Å². The van der Waals surface area contributed by atoms with E-state index in [1.54, 1.807) is 7.11 Å². The van der Waals surface area contributed by atoms with E-state index in [1.807, 2.05) is 65.8 Å². The quantitative estimate of drug-likeness (QED) is 0.542. The van der Waals surface area contributed by atoms with Crippen molar-refractivity contribution in [3.8, 4) is 5.75 Å². The molecule has 0 aliphatic heterocycles. The Morgan fingerprint density at radius 2 is 1.74 bits per heavy atom. The van der Waals surface area contributed by atoms with Crippen LogP contribution < -0.4 is 15.4 Å². The molecule has 152 valence electrons. The number of thiocarbonyl (C=S) groups is 1. The van der Waals surface area contributed by atoms with Crippen LogP contribution in [-0.4, -0.2) is 42.0 Å². The standard InChI is InChI=1S/C20H32N2O4S/c1-19(2,3)25-13-15(17(23)26-20(4,5)6)22-18(27)21-12-14-10-8-9-11-16(14)24-7/h8-11,15H,12-13H2,1-7H3,(H2,21,22,27). The summed E-state index contributed by atoms with van der Waals surface area (Å²) in [5, 5.41) is 6.44. The van der Waals surface area contributed by atoms with Gasteiger partial charge in [-0.3, -0.25) is 0 Å². The van der Waals surface area contributed by atoms with E-state index >= 15 is 0 Å². The Kier molecular flexibility index (Phi) is 8.50. The first-order valence-electron chi connectivity index (χ1n) is 8.94. The van der Waals surface area contributed by atoms with Gasteiger partial charge < -0.3 is 24.8 Å². The molecule has 1 atom stereocenters. The van der Waals surface area contributed by atoms with Gasteiger partial charge in [-0.05, 0) is 59.8 Å². The van der Waals surface area contributed by atoms with Gasteiger partial charge in [0.05, 0.1) is 19.3 Å². The van der Waals surface area contributed by atoms with Gasteiger partial charge in [-0.1, -0.05) is 18.2 Å². The zero-order chi connectivity index (χ0) is 20.7. The Hall–Kier alpha value is -1.86. The van der Waals surface area contributed by atoms with Gasteiger partial charge >= 0.3 is 5.97 Å². The van der Waals surface area contributed by atoms with Crippen LogP contribution in [-0.2, 0) is 20.8 Å². The molecule has 0 heterocycles. The van der Waals surface area contributed by atoms with Gasteiger partial charge in [0.2, 0.25) is 0 Å². The average Bonchev–Trinajstić information content (AvgIpc) is 2.54. The monoisotopic (exact) mass is 396 g/mol. The molecule has 1 aromatic rings. The van der Waals surface area contributed by atoms with Crippen LogP contribution in [0.15, 0.2) is 24.3 Å². The third-order valence-electron chi connectivity index (χ3n) is 3.31. The molecule has 6 nitrogen and oxygen atoms in total. The molecule has 0 radical (unpaired) electrons. The second kappa shape index (κ2) is 9.90. The van der Waals surface area contributed by atoms with Gasteiger partial charge in [-0.25, -0.2) is 4.79 Å². The number of ether oxygens (including phenoxy) is 3. The summed E-state index contributed by atoms with van der Waals surface area (Å²) >= 11 is 5.35. The molecule has 0 aromatic heterocycles. The third kappa shape index (κ3) is 9.58. The molecule has 0 saturated carbocycles. The fourth-order valence-corrected chi connectivity index (χ4v) is 2.32. The number of esters is 1. The maximum Gasteiger partial charge on any atom is 0.331 e. The summed E-state index contributed by atoms with van der Waals surface area (Å²) in [6, 6.07) is 6.95. The van der Waals surface area contributed by atoms with E-state index in [2.05, 4.69) is 10.6 Å². The van der Waals surface area contributed by atoms with Crippen LogP contribution in [0.3, 0.4) is 0 Å². The van der Waals surface area contributed by atoms with Crippen molar-refractivity contribution in [2.24, 2.45) is 0 Å². The number of benzene rings is 1. The number of hydrogen-bond donors (Lipinski definition) is 2. The molecule has 7 heteroatoms.